The number of ether oxygens (including phenoxy) is 3. The average Bonchev–Trinajstić information content (AvgIpc) is 3.09. The summed E-state index contributed by atoms with van der Waals surface area (Å²) >= 11 is 0. The van der Waals surface area contributed by atoms with Crippen molar-refractivity contribution < 1.29 is 24.1 Å². The van der Waals surface area contributed by atoms with Crippen LogP contribution in [-0.2, 0) is 4.74 Å². The van der Waals surface area contributed by atoms with E-state index in [4.69, 9.17) is 14.2 Å². The minimum atomic E-state index is -0.0124. The lowest BCUT2D eigenvalue weighted by molar-refractivity contribution is -0.0726. The number of fused-ring (bicyclic) bond motifs is 1. The highest BCUT2D eigenvalue weighted by atomic mass is 16.6. The van der Waals surface area contributed by atoms with Crippen molar-refractivity contribution in [1.29, 1.82) is 0 Å². The van der Waals surface area contributed by atoms with Crippen molar-refractivity contribution in [1.82, 2.24) is 9.80 Å². The summed E-state index contributed by atoms with van der Waals surface area (Å²) in [6.07, 6.45) is 0.432. The van der Waals surface area contributed by atoms with Gasteiger partial charge in [-0.25, -0.2) is 0 Å². The van der Waals surface area contributed by atoms with Gasteiger partial charge in [0.05, 0.1) is 12.2 Å². The Hall–Kier alpha value is -1.83. The highest BCUT2D eigenvalue weighted by Crippen LogP contribution is 2.32. The van der Waals surface area contributed by atoms with Gasteiger partial charge in [0, 0.05) is 50.8 Å². The van der Waals surface area contributed by atoms with Gasteiger partial charge in [-0.1, -0.05) is 0 Å². The molecule has 1 N–H and O–H groups in total. The summed E-state index contributed by atoms with van der Waals surface area (Å²) in [7, 11) is 0. The number of aliphatic hydroxyl groups excluding tert-OH is 1. The van der Waals surface area contributed by atoms with Crippen LogP contribution in [0.3, 0.4) is 0 Å². The number of likely N-dealkylation sites (tertiary alicyclic amines) is 1. The van der Waals surface area contributed by atoms with Crippen molar-refractivity contribution in [2.75, 3.05) is 52.5 Å². The van der Waals surface area contributed by atoms with Crippen molar-refractivity contribution in [3.8, 4) is 11.5 Å². The van der Waals surface area contributed by atoms with Crippen molar-refractivity contribution in [3.05, 3.63) is 23.8 Å². The van der Waals surface area contributed by atoms with Crippen LogP contribution in [0.2, 0.25) is 0 Å². The van der Waals surface area contributed by atoms with Crippen molar-refractivity contribution in [2.45, 2.75) is 26.1 Å². The Labute approximate surface area is 166 Å². The number of morpholine rings is 1. The molecule has 0 saturated carbocycles. The van der Waals surface area contributed by atoms with E-state index in [1.54, 1.807) is 18.2 Å². The van der Waals surface area contributed by atoms with E-state index in [0.717, 1.165) is 19.6 Å². The van der Waals surface area contributed by atoms with E-state index in [0.29, 0.717) is 43.4 Å². The Morgan fingerprint density at radius 2 is 1.71 bits per heavy atom. The summed E-state index contributed by atoms with van der Waals surface area (Å²) in [6, 6.07) is 5.36. The van der Waals surface area contributed by atoms with Gasteiger partial charge < -0.3 is 24.2 Å². The number of hydrogen-bond acceptors (Lipinski definition) is 6. The van der Waals surface area contributed by atoms with Crippen LogP contribution in [0.5, 0.6) is 11.5 Å². The monoisotopic (exact) mass is 390 g/mol. The van der Waals surface area contributed by atoms with Crippen molar-refractivity contribution in [2.24, 2.45) is 11.8 Å². The predicted molar refractivity (Wildman–Crippen MR) is 104 cm³/mol. The highest BCUT2D eigenvalue weighted by Gasteiger charge is 2.37. The van der Waals surface area contributed by atoms with Gasteiger partial charge in [-0.3, -0.25) is 9.69 Å². The molecule has 1 amide bonds. The Balaban J connectivity index is 1.42. The highest BCUT2D eigenvalue weighted by molar-refractivity contribution is 5.95. The molecule has 28 heavy (non-hydrogen) atoms. The van der Waals surface area contributed by atoms with Crippen molar-refractivity contribution >= 4 is 5.91 Å². The van der Waals surface area contributed by atoms with E-state index >= 15 is 0 Å². The van der Waals surface area contributed by atoms with Crippen molar-refractivity contribution in [3.63, 3.8) is 0 Å². The van der Waals surface area contributed by atoms with Gasteiger partial charge in [0.25, 0.3) is 5.91 Å². The first-order chi connectivity index (χ1) is 13.5. The zero-order valence-corrected chi connectivity index (χ0v) is 16.7. The van der Waals surface area contributed by atoms with Gasteiger partial charge in [-0.15, -0.1) is 0 Å². The SMILES string of the molecule is C[C@@H]1CN(C[C@H]2CN(C(=O)c3ccc4c(c3)OCCO4)C[C@H]2CO)C[C@H](C)O1. The second-order valence-electron chi connectivity index (χ2n) is 8.25. The quantitative estimate of drug-likeness (QED) is 0.834. The third kappa shape index (κ3) is 4.11. The molecule has 7 nitrogen and oxygen atoms in total. The van der Waals surface area contributed by atoms with Gasteiger partial charge in [0.1, 0.15) is 13.2 Å². The maximum absolute atomic E-state index is 13.1. The number of amides is 1. The van der Waals surface area contributed by atoms with Gasteiger partial charge in [-0.05, 0) is 38.0 Å². The van der Waals surface area contributed by atoms with Crippen LogP contribution in [0, 0.1) is 11.8 Å². The molecule has 0 radical (unpaired) electrons. The molecule has 3 aliphatic rings. The molecule has 154 valence electrons. The van der Waals surface area contributed by atoms with Crippen LogP contribution < -0.4 is 9.47 Å². The minimum Gasteiger partial charge on any atom is -0.486 e. The molecule has 2 saturated heterocycles. The van der Waals surface area contributed by atoms with E-state index in [9.17, 15) is 9.90 Å². The minimum absolute atomic E-state index is 0.0124. The molecule has 4 atom stereocenters. The van der Waals surface area contributed by atoms with Gasteiger partial charge in [0.2, 0.25) is 0 Å². The third-order valence-electron chi connectivity index (χ3n) is 5.88. The first kappa shape index (κ1) is 19.5. The molecule has 0 aromatic heterocycles. The number of benzene rings is 1. The molecule has 0 unspecified atom stereocenters. The first-order valence-electron chi connectivity index (χ1n) is 10.2. The Bertz CT molecular complexity index is 702. The first-order valence-corrected chi connectivity index (χ1v) is 10.2. The van der Waals surface area contributed by atoms with Gasteiger partial charge >= 0.3 is 0 Å². The zero-order valence-electron chi connectivity index (χ0n) is 16.7. The summed E-state index contributed by atoms with van der Waals surface area (Å²) in [6.45, 7) is 9.26. The number of hydrogen-bond donors (Lipinski definition) is 1. The summed E-state index contributed by atoms with van der Waals surface area (Å²) in [5, 5.41) is 9.88. The lowest BCUT2D eigenvalue weighted by Crippen LogP contribution is -2.48. The Morgan fingerprint density at radius 1 is 1.04 bits per heavy atom. The lowest BCUT2D eigenvalue weighted by atomic mass is 9.96. The normalized spacial score (nSPS) is 30.5. The van der Waals surface area contributed by atoms with Crippen LogP contribution in [0.4, 0.5) is 0 Å². The maximum Gasteiger partial charge on any atom is 0.254 e. The molecule has 2 fully saturated rings. The Kier molecular flexibility index (Phi) is 5.75. The fourth-order valence-electron chi connectivity index (χ4n) is 4.64. The largest absolute Gasteiger partial charge is 0.486 e. The molecular weight excluding hydrogens is 360 g/mol. The zero-order chi connectivity index (χ0) is 19.7. The van der Waals surface area contributed by atoms with E-state index in [2.05, 4.69) is 18.7 Å². The smallest absolute Gasteiger partial charge is 0.254 e. The van der Waals surface area contributed by atoms with Gasteiger partial charge in [0.15, 0.2) is 11.5 Å². The summed E-state index contributed by atoms with van der Waals surface area (Å²) in [5.74, 6) is 1.67. The third-order valence-corrected chi connectivity index (χ3v) is 5.88. The molecule has 4 rings (SSSR count). The number of aliphatic hydroxyl groups is 1. The molecule has 0 aliphatic carbocycles. The average molecular weight is 390 g/mol. The molecule has 3 aliphatic heterocycles. The van der Waals surface area contributed by atoms with Crippen LogP contribution in [-0.4, -0.2) is 85.6 Å². The van der Waals surface area contributed by atoms with Crippen LogP contribution in [0.1, 0.15) is 24.2 Å². The standard InChI is InChI=1S/C21H30N2O5/c1-14-8-22(9-15(2)28-14)10-17-11-23(12-18(17)13-24)21(25)16-3-4-19-20(7-16)27-6-5-26-19/h3-4,7,14-15,17-18,24H,5-6,8-13H2,1-2H3/t14-,15+,17-,18-/m0/s1. The number of carbonyl (C=O) groups is 1. The van der Waals surface area contributed by atoms with E-state index < -0.39 is 0 Å². The number of rotatable bonds is 4. The maximum atomic E-state index is 13.1. The number of nitrogens with zero attached hydrogens (tertiary/aromatic N) is 2. The lowest BCUT2D eigenvalue weighted by Gasteiger charge is -2.37. The van der Waals surface area contributed by atoms with E-state index in [-0.39, 0.29) is 36.6 Å². The molecule has 7 heteroatoms. The Morgan fingerprint density at radius 3 is 2.43 bits per heavy atom. The molecule has 1 aromatic carbocycles. The molecule has 3 heterocycles. The summed E-state index contributed by atoms with van der Waals surface area (Å²) < 4.78 is 17.0. The second-order valence-corrected chi connectivity index (χ2v) is 8.25. The van der Waals surface area contributed by atoms with Crippen LogP contribution in [0.25, 0.3) is 0 Å². The number of carbonyl (C=O) groups excluding carboxylic acids is 1. The van der Waals surface area contributed by atoms with E-state index in [1.165, 1.54) is 0 Å². The molecule has 1 aromatic rings. The van der Waals surface area contributed by atoms with Crippen LogP contribution >= 0.6 is 0 Å². The van der Waals surface area contributed by atoms with Crippen LogP contribution in [0.15, 0.2) is 18.2 Å². The molecular formula is C21H30N2O5. The topological polar surface area (TPSA) is 71.5 Å². The molecule has 0 bridgehead atoms. The summed E-state index contributed by atoms with van der Waals surface area (Å²) in [5.41, 5.74) is 0.607. The van der Waals surface area contributed by atoms with E-state index in [1.807, 2.05) is 4.90 Å². The van der Waals surface area contributed by atoms with Gasteiger partial charge in [-0.2, -0.15) is 0 Å². The molecule has 0 spiro atoms. The second kappa shape index (κ2) is 8.27. The fraction of sp³-hybridized carbons (Fsp3) is 0.667. The predicted octanol–water partition coefficient (Wildman–Crippen LogP) is 1.25. The summed E-state index contributed by atoms with van der Waals surface area (Å²) in [4.78, 5) is 17.3. The fourth-order valence-corrected chi connectivity index (χ4v) is 4.64.